The molecule has 1 aliphatic heterocycles. The molecule has 0 amide bonds. The molecule has 2 aliphatic rings. The van der Waals surface area contributed by atoms with Crippen molar-refractivity contribution in [3.05, 3.63) is 0 Å². The van der Waals surface area contributed by atoms with Gasteiger partial charge in [-0.3, -0.25) is 0 Å². The molecule has 11 heavy (non-hydrogen) atoms. The van der Waals surface area contributed by atoms with Crippen LogP contribution in [0.3, 0.4) is 0 Å². The lowest BCUT2D eigenvalue weighted by Gasteiger charge is -2.31. The zero-order valence-electron chi connectivity index (χ0n) is 6.77. The van der Waals surface area contributed by atoms with Crippen molar-refractivity contribution < 1.29 is 0 Å². The summed E-state index contributed by atoms with van der Waals surface area (Å²) in [6.45, 7) is 2.02. The highest BCUT2D eigenvalue weighted by molar-refractivity contribution is 5.10. The molecule has 60 valence electrons. The van der Waals surface area contributed by atoms with Crippen molar-refractivity contribution in [1.29, 1.82) is 5.26 Å². The number of fused-ring (bicyclic) bond motifs is 1. The molecular weight excluding hydrogens is 136 g/mol. The van der Waals surface area contributed by atoms with E-state index in [1.807, 2.05) is 0 Å². The Morgan fingerprint density at radius 3 is 3.09 bits per heavy atom. The average Bonchev–Trinajstić information content (AvgIpc) is 2.48. The lowest BCUT2D eigenvalue weighted by atomic mass is 9.69. The maximum Gasteiger partial charge on any atom is 0.0738 e. The third kappa shape index (κ3) is 0.954. The van der Waals surface area contributed by atoms with Crippen molar-refractivity contribution in [2.45, 2.75) is 25.7 Å². The lowest BCUT2D eigenvalue weighted by molar-refractivity contribution is 0.220. The van der Waals surface area contributed by atoms with E-state index < -0.39 is 0 Å². The van der Waals surface area contributed by atoms with Gasteiger partial charge in [-0.15, -0.1) is 0 Å². The van der Waals surface area contributed by atoms with Gasteiger partial charge in [0.1, 0.15) is 0 Å². The lowest BCUT2D eigenvalue weighted by Crippen LogP contribution is -2.31. The summed E-state index contributed by atoms with van der Waals surface area (Å²) in [5, 5.41) is 12.4. The van der Waals surface area contributed by atoms with Gasteiger partial charge in [0.15, 0.2) is 0 Å². The molecule has 0 aromatic rings. The molecule has 1 heterocycles. The minimum absolute atomic E-state index is 0.0260. The zero-order valence-corrected chi connectivity index (χ0v) is 6.77. The first-order valence-corrected chi connectivity index (χ1v) is 4.49. The van der Waals surface area contributed by atoms with Crippen molar-refractivity contribution >= 4 is 0 Å². The molecule has 0 bridgehead atoms. The van der Waals surface area contributed by atoms with Gasteiger partial charge in [0.25, 0.3) is 0 Å². The first kappa shape index (κ1) is 7.12. The third-order valence-corrected chi connectivity index (χ3v) is 3.26. The Bertz CT molecular complexity index is 194. The number of nitriles is 1. The van der Waals surface area contributed by atoms with Crippen molar-refractivity contribution in [3.8, 4) is 6.07 Å². The molecule has 2 unspecified atom stereocenters. The van der Waals surface area contributed by atoms with Crippen LogP contribution in [0.5, 0.6) is 0 Å². The molecule has 2 atom stereocenters. The predicted molar refractivity (Wildman–Crippen MR) is 42.9 cm³/mol. The standard InChI is InChI=1S/C9H14N2/c10-6-9-4-2-1-3-8(9)5-11-7-9/h8,11H,1-5,7H2. The number of nitrogens with one attached hydrogen (secondary N) is 1. The SMILES string of the molecule is N#CC12CCCCC1CNC2. The molecule has 1 saturated carbocycles. The highest BCUT2D eigenvalue weighted by Gasteiger charge is 2.44. The van der Waals surface area contributed by atoms with Gasteiger partial charge in [-0.2, -0.15) is 5.26 Å². The average molecular weight is 150 g/mol. The summed E-state index contributed by atoms with van der Waals surface area (Å²) >= 11 is 0. The summed E-state index contributed by atoms with van der Waals surface area (Å²) in [5.41, 5.74) is 0.0260. The van der Waals surface area contributed by atoms with Gasteiger partial charge in [0.2, 0.25) is 0 Å². The van der Waals surface area contributed by atoms with Gasteiger partial charge >= 0.3 is 0 Å². The molecule has 0 spiro atoms. The summed E-state index contributed by atoms with van der Waals surface area (Å²) < 4.78 is 0. The highest BCUT2D eigenvalue weighted by Crippen LogP contribution is 2.42. The Morgan fingerprint density at radius 1 is 1.45 bits per heavy atom. The fraction of sp³-hybridized carbons (Fsp3) is 0.889. The first-order chi connectivity index (χ1) is 5.37. The fourth-order valence-electron chi connectivity index (χ4n) is 2.50. The summed E-state index contributed by atoms with van der Waals surface area (Å²) in [6, 6.07) is 2.52. The van der Waals surface area contributed by atoms with Crippen molar-refractivity contribution in [1.82, 2.24) is 5.32 Å². The van der Waals surface area contributed by atoms with E-state index in [-0.39, 0.29) is 5.41 Å². The van der Waals surface area contributed by atoms with Crippen LogP contribution in [0.2, 0.25) is 0 Å². The van der Waals surface area contributed by atoms with Crippen molar-refractivity contribution in [2.75, 3.05) is 13.1 Å². The van der Waals surface area contributed by atoms with E-state index >= 15 is 0 Å². The minimum Gasteiger partial charge on any atom is -0.315 e. The van der Waals surface area contributed by atoms with Crippen LogP contribution in [0.4, 0.5) is 0 Å². The molecule has 0 radical (unpaired) electrons. The van der Waals surface area contributed by atoms with Gasteiger partial charge in [-0.1, -0.05) is 12.8 Å². The van der Waals surface area contributed by atoms with Crippen LogP contribution in [0.15, 0.2) is 0 Å². The molecule has 1 N–H and O–H groups in total. The Hall–Kier alpha value is -0.550. The predicted octanol–water partition coefficient (Wildman–Crippen LogP) is 1.29. The number of hydrogen-bond acceptors (Lipinski definition) is 2. The number of nitrogens with zero attached hydrogens (tertiary/aromatic N) is 1. The van der Waals surface area contributed by atoms with Crippen LogP contribution in [0.1, 0.15) is 25.7 Å². The summed E-state index contributed by atoms with van der Waals surface area (Å²) in [4.78, 5) is 0. The van der Waals surface area contributed by atoms with Crippen LogP contribution >= 0.6 is 0 Å². The van der Waals surface area contributed by atoms with Crippen molar-refractivity contribution in [3.63, 3.8) is 0 Å². The topological polar surface area (TPSA) is 35.8 Å². The van der Waals surface area contributed by atoms with Gasteiger partial charge in [-0.25, -0.2) is 0 Å². The van der Waals surface area contributed by atoms with E-state index in [2.05, 4.69) is 11.4 Å². The third-order valence-electron chi connectivity index (χ3n) is 3.26. The second kappa shape index (κ2) is 2.49. The van der Waals surface area contributed by atoms with Crippen LogP contribution in [-0.4, -0.2) is 13.1 Å². The van der Waals surface area contributed by atoms with Gasteiger partial charge in [-0.05, 0) is 25.3 Å². The van der Waals surface area contributed by atoms with Gasteiger partial charge < -0.3 is 5.32 Å². The smallest absolute Gasteiger partial charge is 0.0738 e. The monoisotopic (exact) mass is 150 g/mol. The van der Waals surface area contributed by atoms with E-state index in [1.54, 1.807) is 0 Å². The second-order valence-electron chi connectivity index (χ2n) is 3.84. The normalized spacial score (nSPS) is 43.0. The Balaban J connectivity index is 2.20. The van der Waals surface area contributed by atoms with E-state index in [1.165, 1.54) is 19.3 Å². The molecule has 2 fully saturated rings. The highest BCUT2D eigenvalue weighted by atomic mass is 14.9. The Morgan fingerprint density at radius 2 is 2.36 bits per heavy atom. The van der Waals surface area contributed by atoms with E-state index in [4.69, 9.17) is 5.26 Å². The van der Waals surface area contributed by atoms with Crippen LogP contribution in [0, 0.1) is 22.7 Å². The summed E-state index contributed by atoms with van der Waals surface area (Å²) in [5.74, 6) is 0.654. The largest absolute Gasteiger partial charge is 0.315 e. The number of rotatable bonds is 0. The maximum atomic E-state index is 9.06. The maximum absolute atomic E-state index is 9.06. The molecule has 1 aliphatic carbocycles. The van der Waals surface area contributed by atoms with E-state index in [9.17, 15) is 0 Å². The van der Waals surface area contributed by atoms with E-state index in [0.29, 0.717) is 5.92 Å². The summed E-state index contributed by atoms with van der Waals surface area (Å²) in [7, 11) is 0. The quantitative estimate of drug-likeness (QED) is 0.564. The minimum atomic E-state index is 0.0260. The molecular formula is C9H14N2. The fourth-order valence-corrected chi connectivity index (χ4v) is 2.50. The Kier molecular flexibility index (Phi) is 1.61. The van der Waals surface area contributed by atoms with Crippen LogP contribution in [0.25, 0.3) is 0 Å². The molecule has 2 rings (SSSR count). The Labute approximate surface area is 67.6 Å². The molecule has 2 nitrogen and oxygen atoms in total. The van der Waals surface area contributed by atoms with Gasteiger partial charge in [0, 0.05) is 6.54 Å². The van der Waals surface area contributed by atoms with Crippen molar-refractivity contribution in [2.24, 2.45) is 11.3 Å². The second-order valence-corrected chi connectivity index (χ2v) is 3.84. The zero-order chi connectivity index (χ0) is 7.73. The van der Waals surface area contributed by atoms with Gasteiger partial charge in [0.05, 0.1) is 11.5 Å². The first-order valence-electron chi connectivity index (χ1n) is 4.49. The molecule has 1 saturated heterocycles. The number of hydrogen-bond donors (Lipinski definition) is 1. The molecule has 2 heteroatoms. The molecule has 0 aromatic heterocycles. The summed E-state index contributed by atoms with van der Waals surface area (Å²) in [6.07, 6.45) is 4.98. The molecule has 0 aromatic carbocycles. The van der Waals surface area contributed by atoms with Crippen LogP contribution < -0.4 is 5.32 Å². The van der Waals surface area contributed by atoms with E-state index in [0.717, 1.165) is 19.5 Å². The van der Waals surface area contributed by atoms with Crippen LogP contribution in [-0.2, 0) is 0 Å².